The second kappa shape index (κ2) is 9.81. The predicted octanol–water partition coefficient (Wildman–Crippen LogP) is 4.21. The van der Waals surface area contributed by atoms with Gasteiger partial charge in [-0.1, -0.05) is 44.5 Å². The van der Waals surface area contributed by atoms with Crippen LogP contribution >= 0.6 is 11.6 Å². The lowest BCUT2D eigenvalue weighted by Crippen LogP contribution is -2.50. The molecule has 0 aromatic heterocycles. The minimum absolute atomic E-state index is 0.0245. The van der Waals surface area contributed by atoms with Crippen molar-refractivity contribution in [3.8, 4) is 0 Å². The number of nitrogens with one attached hydrogen (secondary N) is 1. The molecule has 1 heterocycles. The third-order valence-corrected chi connectivity index (χ3v) is 4.95. The Bertz CT molecular complexity index is 596. The van der Waals surface area contributed by atoms with Gasteiger partial charge < -0.3 is 15.0 Å². The van der Waals surface area contributed by atoms with Crippen molar-refractivity contribution in [1.29, 1.82) is 0 Å². The smallest absolute Gasteiger partial charge is 0.407 e. The molecule has 2 rings (SSSR count). The summed E-state index contributed by atoms with van der Waals surface area (Å²) in [6.07, 6.45) is 1.87. The van der Waals surface area contributed by atoms with Gasteiger partial charge in [-0.3, -0.25) is 4.79 Å². The van der Waals surface area contributed by atoms with Crippen molar-refractivity contribution in [2.75, 3.05) is 19.7 Å². The molecule has 1 aliphatic heterocycles. The summed E-state index contributed by atoms with van der Waals surface area (Å²) in [5.41, 5.74) is 1.27. The van der Waals surface area contributed by atoms with Crippen LogP contribution in [0.3, 0.4) is 0 Å². The average molecular weight is 381 g/mol. The number of nitrogens with zero attached hydrogens (tertiary/aromatic N) is 1. The summed E-state index contributed by atoms with van der Waals surface area (Å²) < 4.78 is 5.13. The van der Waals surface area contributed by atoms with Gasteiger partial charge in [0.2, 0.25) is 5.91 Å². The standard InChI is InChI=1S/C20H29ClN2O3/c1-4-18(22-20(25)26-13-14(2)3)19(24)23-11-9-16(10-12-23)15-5-7-17(21)8-6-15/h5-8,14,16,18H,4,9-13H2,1-3H3,(H,22,25). The van der Waals surface area contributed by atoms with Crippen LogP contribution in [0.2, 0.25) is 5.02 Å². The van der Waals surface area contributed by atoms with Crippen LogP contribution in [0.1, 0.15) is 51.5 Å². The fourth-order valence-corrected chi connectivity index (χ4v) is 3.28. The average Bonchev–Trinajstić information content (AvgIpc) is 2.64. The molecule has 0 bridgehead atoms. The van der Waals surface area contributed by atoms with Crippen LogP contribution in [-0.4, -0.2) is 42.6 Å². The number of benzene rings is 1. The highest BCUT2D eigenvalue weighted by atomic mass is 35.5. The van der Waals surface area contributed by atoms with Gasteiger partial charge in [0.25, 0.3) is 0 Å². The molecule has 1 aliphatic rings. The fourth-order valence-electron chi connectivity index (χ4n) is 3.15. The molecule has 1 saturated heterocycles. The summed E-state index contributed by atoms with van der Waals surface area (Å²) in [5.74, 6) is 0.687. The lowest BCUT2D eigenvalue weighted by molar-refractivity contribution is -0.134. The minimum atomic E-state index is -0.526. The maximum absolute atomic E-state index is 12.7. The zero-order valence-electron chi connectivity index (χ0n) is 15.8. The van der Waals surface area contributed by atoms with Crippen LogP contribution in [0.5, 0.6) is 0 Å². The molecule has 144 valence electrons. The van der Waals surface area contributed by atoms with Gasteiger partial charge in [0.05, 0.1) is 6.61 Å². The van der Waals surface area contributed by atoms with Gasteiger partial charge in [-0.25, -0.2) is 4.79 Å². The number of halogens is 1. The fraction of sp³-hybridized carbons (Fsp3) is 0.600. The highest BCUT2D eigenvalue weighted by molar-refractivity contribution is 6.30. The van der Waals surface area contributed by atoms with Crippen LogP contribution in [0.15, 0.2) is 24.3 Å². The first-order valence-corrected chi connectivity index (χ1v) is 9.76. The molecular weight excluding hydrogens is 352 g/mol. The summed E-state index contributed by atoms with van der Waals surface area (Å²) in [5, 5.41) is 3.44. The van der Waals surface area contributed by atoms with E-state index in [1.54, 1.807) is 0 Å². The number of alkyl carbamates (subject to hydrolysis) is 1. The van der Waals surface area contributed by atoms with Crippen molar-refractivity contribution in [2.45, 2.75) is 52.0 Å². The number of rotatable bonds is 6. The Morgan fingerprint density at radius 1 is 1.23 bits per heavy atom. The summed E-state index contributed by atoms with van der Waals surface area (Å²) >= 11 is 5.95. The van der Waals surface area contributed by atoms with Crippen LogP contribution in [0.25, 0.3) is 0 Å². The molecule has 1 N–H and O–H groups in total. The number of amides is 2. The quantitative estimate of drug-likeness (QED) is 0.804. The summed E-state index contributed by atoms with van der Waals surface area (Å²) in [7, 11) is 0. The van der Waals surface area contributed by atoms with E-state index in [4.69, 9.17) is 16.3 Å². The van der Waals surface area contributed by atoms with Crippen LogP contribution in [0, 0.1) is 5.92 Å². The van der Waals surface area contributed by atoms with Crippen LogP contribution in [0.4, 0.5) is 4.79 Å². The predicted molar refractivity (Wildman–Crippen MR) is 103 cm³/mol. The molecule has 1 atom stereocenters. The molecular formula is C20H29ClN2O3. The number of carbonyl (C=O) groups excluding carboxylic acids is 2. The molecule has 5 nitrogen and oxygen atoms in total. The minimum Gasteiger partial charge on any atom is -0.449 e. The Morgan fingerprint density at radius 2 is 1.85 bits per heavy atom. The largest absolute Gasteiger partial charge is 0.449 e. The van der Waals surface area contributed by atoms with E-state index in [2.05, 4.69) is 17.4 Å². The second-order valence-corrected chi connectivity index (χ2v) is 7.69. The Labute approximate surface area is 161 Å². The van der Waals surface area contributed by atoms with E-state index >= 15 is 0 Å². The SMILES string of the molecule is CCC(NC(=O)OCC(C)C)C(=O)N1CCC(c2ccc(Cl)cc2)CC1. The molecule has 1 unspecified atom stereocenters. The number of hydrogen-bond acceptors (Lipinski definition) is 3. The van der Waals surface area contributed by atoms with Crippen molar-refractivity contribution in [2.24, 2.45) is 5.92 Å². The van der Waals surface area contributed by atoms with E-state index in [1.807, 2.05) is 37.8 Å². The highest BCUT2D eigenvalue weighted by Crippen LogP contribution is 2.29. The van der Waals surface area contributed by atoms with E-state index in [0.717, 1.165) is 17.9 Å². The summed E-state index contributed by atoms with van der Waals surface area (Å²) in [6.45, 7) is 7.59. The molecule has 1 fully saturated rings. The molecule has 1 aromatic carbocycles. The normalized spacial score (nSPS) is 16.4. The van der Waals surface area contributed by atoms with Gasteiger partial charge in [0.15, 0.2) is 0 Å². The lowest BCUT2D eigenvalue weighted by atomic mass is 9.89. The monoisotopic (exact) mass is 380 g/mol. The molecule has 0 radical (unpaired) electrons. The zero-order valence-corrected chi connectivity index (χ0v) is 16.6. The van der Waals surface area contributed by atoms with E-state index in [0.29, 0.717) is 32.0 Å². The third kappa shape index (κ3) is 5.90. The zero-order chi connectivity index (χ0) is 19.1. The van der Waals surface area contributed by atoms with Crippen molar-refractivity contribution < 1.29 is 14.3 Å². The molecule has 2 amide bonds. The van der Waals surface area contributed by atoms with Crippen molar-refractivity contribution in [1.82, 2.24) is 10.2 Å². The van der Waals surface area contributed by atoms with Gasteiger partial charge in [-0.15, -0.1) is 0 Å². The lowest BCUT2D eigenvalue weighted by Gasteiger charge is -2.34. The molecule has 0 saturated carbocycles. The first-order chi connectivity index (χ1) is 12.4. The molecule has 6 heteroatoms. The maximum Gasteiger partial charge on any atom is 0.407 e. The van der Waals surface area contributed by atoms with E-state index < -0.39 is 12.1 Å². The van der Waals surface area contributed by atoms with Gasteiger partial charge in [-0.2, -0.15) is 0 Å². The summed E-state index contributed by atoms with van der Waals surface area (Å²) in [6, 6.07) is 7.42. The van der Waals surface area contributed by atoms with Gasteiger partial charge in [0.1, 0.15) is 6.04 Å². The number of likely N-dealkylation sites (tertiary alicyclic amines) is 1. The molecule has 1 aromatic rings. The van der Waals surface area contributed by atoms with Crippen molar-refractivity contribution >= 4 is 23.6 Å². The molecule has 26 heavy (non-hydrogen) atoms. The number of piperidine rings is 1. The molecule has 0 spiro atoms. The Kier molecular flexibility index (Phi) is 7.76. The van der Waals surface area contributed by atoms with Gasteiger partial charge in [0, 0.05) is 18.1 Å². The van der Waals surface area contributed by atoms with E-state index in [-0.39, 0.29) is 11.8 Å². The summed E-state index contributed by atoms with van der Waals surface area (Å²) in [4.78, 5) is 26.4. The maximum atomic E-state index is 12.7. The van der Waals surface area contributed by atoms with Crippen molar-refractivity contribution in [3.05, 3.63) is 34.9 Å². The van der Waals surface area contributed by atoms with Crippen molar-refractivity contribution in [3.63, 3.8) is 0 Å². The van der Waals surface area contributed by atoms with E-state index in [9.17, 15) is 9.59 Å². The van der Waals surface area contributed by atoms with Gasteiger partial charge >= 0.3 is 6.09 Å². The van der Waals surface area contributed by atoms with Crippen LogP contribution < -0.4 is 5.32 Å². The molecule has 0 aliphatic carbocycles. The van der Waals surface area contributed by atoms with Gasteiger partial charge in [-0.05, 0) is 48.8 Å². The first-order valence-electron chi connectivity index (χ1n) is 9.38. The number of carbonyl (C=O) groups is 2. The Morgan fingerprint density at radius 3 is 2.38 bits per heavy atom. The van der Waals surface area contributed by atoms with Crippen LogP contribution in [-0.2, 0) is 9.53 Å². The first kappa shape index (κ1) is 20.6. The highest BCUT2D eigenvalue weighted by Gasteiger charge is 2.29. The topological polar surface area (TPSA) is 58.6 Å². The third-order valence-electron chi connectivity index (χ3n) is 4.69. The Hall–Kier alpha value is -1.75. The number of ether oxygens (including phenoxy) is 1. The number of hydrogen-bond donors (Lipinski definition) is 1. The van der Waals surface area contributed by atoms with E-state index in [1.165, 1.54) is 5.56 Å². The second-order valence-electron chi connectivity index (χ2n) is 7.25. The Balaban J connectivity index is 1.85.